The summed E-state index contributed by atoms with van der Waals surface area (Å²) in [4.78, 5) is 21.7. The summed E-state index contributed by atoms with van der Waals surface area (Å²) in [5.74, 6) is 0.0488. The largest absolute Gasteiger partial charge is 0.461 e. The van der Waals surface area contributed by atoms with Crippen LogP contribution in [0, 0.1) is 12.3 Å². The second-order valence-corrected chi connectivity index (χ2v) is 8.06. The lowest BCUT2D eigenvalue weighted by atomic mass is 9.76. The summed E-state index contributed by atoms with van der Waals surface area (Å²) >= 11 is 0. The monoisotopic (exact) mass is 430 g/mol. The third-order valence-corrected chi connectivity index (χ3v) is 6.18. The van der Waals surface area contributed by atoms with E-state index >= 15 is 0 Å². The van der Waals surface area contributed by atoms with Gasteiger partial charge in [0.05, 0.1) is 5.41 Å². The van der Waals surface area contributed by atoms with Crippen LogP contribution in [0.25, 0.3) is 0 Å². The molecule has 1 aromatic heterocycles. The standard InChI is InChI=1S/C20H30N4O2.2ClH/c1-16-13-17(3-6-22-16)24-10-2-9-23(11-12-24)15-18-14-20(19(25)26-18)4-7-21-8-5-20;;/h3,6,13,18,21H,2,4-5,7-12,14-15H2,1H3;2*1H. The number of piperidine rings is 1. The number of pyridine rings is 1. The number of nitrogens with zero attached hydrogens (tertiary/aromatic N) is 3. The fourth-order valence-corrected chi connectivity index (χ4v) is 4.68. The maximum atomic E-state index is 12.5. The highest BCUT2D eigenvalue weighted by molar-refractivity contribution is 5.85. The van der Waals surface area contributed by atoms with E-state index in [0.717, 1.165) is 77.2 Å². The van der Waals surface area contributed by atoms with Crippen molar-refractivity contribution in [3.8, 4) is 0 Å². The summed E-state index contributed by atoms with van der Waals surface area (Å²) in [6.07, 6.45) is 5.85. The van der Waals surface area contributed by atoms with E-state index in [-0.39, 0.29) is 42.3 Å². The number of esters is 1. The first-order chi connectivity index (χ1) is 12.6. The Kier molecular flexibility index (Phi) is 8.37. The first kappa shape index (κ1) is 23.2. The molecule has 1 N–H and O–H groups in total. The van der Waals surface area contributed by atoms with Crippen LogP contribution in [0.2, 0.25) is 0 Å². The molecule has 0 amide bonds. The van der Waals surface area contributed by atoms with Crippen LogP contribution in [0.15, 0.2) is 18.3 Å². The number of ether oxygens (including phenoxy) is 1. The Morgan fingerprint density at radius 2 is 2.00 bits per heavy atom. The lowest BCUT2D eigenvalue weighted by Crippen LogP contribution is -2.40. The summed E-state index contributed by atoms with van der Waals surface area (Å²) in [5, 5.41) is 3.36. The van der Waals surface area contributed by atoms with Gasteiger partial charge >= 0.3 is 5.97 Å². The van der Waals surface area contributed by atoms with Crippen LogP contribution in [0.5, 0.6) is 0 Å². The number of rotatable bonds is 3. The number of halogens is 2. The molecule has 1 atom stereocenters. The van der Waals surface area contributed by atoms with Crippen molar-refractivity contribution in [3.63, 3.8) is 0 Å². The molecule has 8 heteroatoms. The number of carbonyl (C=O) groups is 1. The van der Waals surface area contributed by atoms with Gasteiger partial charge < -0.3 is 15.0 Å². The smallest absolute Gasteiger partial charge is 0.312 e. The van der Waals surface area contributed by atoms with Gasteiger partial charge in [-0.25, -0.2) is 0 Å². The zero-order valence-corrected chi connectivity index (χ0v) is 18.2. The van der Waals surface area contributed by atoms with E-state index in [1.807, 2.05) is 13.1 Å². The molecular weight excluding hydrogens is 399 g/mol. The number of hydrogen-bond acceptors (Lipinski definition) is 6. The van der Waals surface area contributed by atoms with Crippen molar-refractivity contribution in [1.82, 2.24) is 15.2 Å². The summed E-state index contributed by atoms with van der Waals surface area (Å²) in [6, 6.07) is 4.26. The molecule has 6 nitrogen and oxygen atoms in total. The van der Waals surface area contributed by atoms with E-state index < -0.39 is 0 Å². The second-order valence-electron chi connectivity index (χ2n) is 8.06. The number of nitrogens with one attached hydrogen (secondary N) is 1. The molecule has 3 aliphatic heterocycles. The number of cyclic esters (lactones) is 1. The molecule has 3 fully saturated rings. The fourth-order valence-electron chi connectivity index (χ4n) is 4.68. The van der Waals surface area contributed by atoms with E-state index in [0.29, 0.717) is 0 Å². The molecule has 0 saturated carbocycles. The van der Waals surface area contributed by atoms with Crippen molar-refractivity contribution in [2.45, 2.75) is 38.7 Å². The molecule has 3 aliphatic rings. The molecule has 4 heterocycles. The minimum absolute atomic E-state index is 0. The molecule has 0 aromatic carbocycles. The normalized spacial score (nSPS) is 24.8. The van der Waals surface area contributed by atoms with Gasteiger partial charge in [-0.2, -0.15) is 0 Å². The zero-order valence-electron chi connectivity index (χ0n) is 16.6. The Morgan fingerprint density at radius 1 is 1.21 bits per heavy atom. The lowest BCUT2D eigenvalue weighted by molar-refractivity contribution is -0.150. The van der Waals surface area contributed by atoms with Gasteiger partial charge in [0.2, 0.25) is 0 Å². The molecule has 3 saturated heterocycles. The van der Waals surface area contributed by atoms with E-state index in [9.17, 15) is 4.79 Å². The fraction of sp³-hybridized carbons (Fsp3) is 0.700. The first-order valence-corrected chi connectivity index (χ1v) is 9.96. The minimum atomic E-state index is -0.206. The molecular formula is C20H32Cl2N4O2. The van der Waals surface area contributed by atoms with Crippen LogP contribution in [0.1, 0.15) is 31.4 Å². The lowest BCUT2D eigenvalue weighted by Gasteiger charge is -2.29. The molecule has 0 aliphatic carbocycles. The van der Waals surface area contributed by atoms with E-state index in [4.69, 9.17) is 4.74 Å². The van der Waals surface area contributed by atoms with E-state index in [1.165, 1.54) is 5.69 Å². The van der Waals surface area contributed by atoms with Crippen LogP contribution in [-0.2, 0) is 9.53 Å². The first-order valence-electron chi connectivity index (χ1n) is 9.96. The maximum Gasteiger partial charge on any atom is 0.312 e. The summed E-state index contributed by atoms with van der Waals surface area (Å²) in [5.41, 5.74) is 2.12. The van der Waals surface area contributed by atoms with Gasteiger partial charge in [0.25, 0.3) is 0 Å². The van der Waals surface area contributed by atoms with Crippen molar-refractivity contribution < 1.29 is 9.53 Å². The minimum Gasteiger partial charge on any atom is -0.461 e. The highest BCUT2D eigenvalue weighted by Gasteiger charge is 2.49. The zero-order chi connectivity index (χ0) is 18.0. The quantitative estimate of drug-likeness (QED) is 0.742. The highest BCUT2D eigenvalue weighted by atomic mass is 35.5. The summed E-state index contributed by atoms with van der Waals surface area (Å²) in [7, 11) is 0. The maximum absolute atomic E-state index is 12.5. The van der Waals surface area contributed by atoms with Crippen molar-refractivity contribution in [2.75, 3.05) is 50.7 Å². The average molecular weight is 431 g/mol. The van der Waals surface area contributed by atoms with Gasteiger partial charge in [-0.1, -0.05) is 0 Å². The third-order valence-electron chi connectivity index (χ3n) is 6.18. The Bertz CT molecular complexity index is 655. The molecule has 1 unspecified atom stereocenters. The van der Waals surface area contributed by atoms with Gasteiger partial charge in [-0.15, -0.1) is 24.8 Å². The van der Waals surface area contributed by atoms with Gasteiger partial charge in [0, 0.05) is 56.7 Å². The van der Waals surface area contributed by atoms with Crippen molar-refractivity contribution >= 4 is 36.5 Å². The molecule has 158 valence electrons. The van der Waals surface area contributed by atoms with Crippen LogP contribution < -0.4 is 10.2 Å². The Labute approximate surface area is 180 Å². The van der Waals surface area contributed by atoms with Gasteiger partial charge in [-0.05, 0) is 51.4 Å². The second kappa shape index (κ2) is 10.1. The van der Waals surface area contributed by atoms with Crippen LogP contribution >= 0.6 is 24.8 Å². The average Bonchev–Trinajstić information content (AvgIpc) is 2.81. The SMILES string of the molecule is Cc1cc(N2CCCN(CC3CC4(CCNCC4)C(=O)O3)CC2)ccn1.Cl.Cl. The van der Waals surface area contributed by atoms with Crippen molar-refractivity contribution in [3.05, 3.63) is 24.0 Å². The van der Waals surface area contributed by atoms with Crippen LogP contribution in [0.4, 0.5) is 5.69 Å². The van der Waals surface area contributed by atoms with Crippen LogP contribution in [-0.4, -0.2) is 67.8 Å². The molecule has 0 radical (unpaired) electrons. The molecule has 1 aromatic rings. The number of anilines is 1. The molecule has 28 heavy (non-hydrogen) atoms. The number of aryl methyl sites for hydroxylation is 1. The van der Waals surface area contributed by atoms with E-state index in [2.05, 4.69) is 32.2 Å². The number of hydrogen-bond donors (Lipinski definition) is 1. The van der Waals surface area contributed by atoms with E-state index in [1.54, 1.807) is 0 Å². The molecule has 0 bridgehead atoms. The Hall–Kier alpha value is -1.08. The Morgan fingerprint density at radius 3 is 2.75 bits per heavy atom. The van der Waals surface area contributed by atoms with Crippen molar-refractivity contribution in [2.24, 2.45) is 5.41 Å². The third kappa shape index (κ3) is 5.09. The summed E-state index contributed by atoms with van der Waals surface area (Å²) in [6.45, 7) is 8.97. The molecule has 4 rings (SSSR count). The van der Waals surface area contributed by atoms with Gasteiger partial charge in [-0.3, -0.25) is 14.7 Å². The predicted molar refractivity (Wildman–Crippen MR) is 116 cm³/mol. The topological polar surface area (TPSA) is 57.7 Å². The number of aromatic nitrogens is 1. The van der Waals surface area contributed by atoms with Gasteiger partial charge in [0.1, 0.15) is 6.10 Å². The highest BCUT2D eigenvalue weighted by Crippen LogP contribution is 2.41. The van der Waals surface area contributed by atoms with Gasteiger partial charge in [0.15, 0.2) is 0 Å². The predicted octanol–water partition coefficient (Wildman–Crippen LogP) is 2.43. The van der Waals surface area contributed by atoms with Crippen molar-refractivity contribution in [1.29, 1.82) is 0 Å². The molecule has 1 spiro atoms. The number of carbonyl (C=O) groups excluding carboxylic acids is 1. The summed E-state index contributed by atoms with van der Waals surface area (Å²) < 4.78 is 5.80. The Balaban J connectivity index is 0.00000140. The van der Waals surface area contributed by atoms with Crippen LogP contribution in [0.3, 0.4) is 0 Å².